The highest BCUT2D eigenvalue weighted by Gasteiger charge is 2.30. The zero-order chi connectivity index (χ0) is 25.2. The molecule has 4 aromatic carbocycles. The molecule has 180 valence electrons. The Morgan fingerprint density at radius 2 is 1.54 bits per heavy atom. The van der Waals surface area contributed by atoms with Gasteiger partial charge in [0.2, 0.25) is 5.91 Å². The largest absolute Gasteiger partial charge is 0.325 e. The molecule has 0 spiro atoms. The molecule has 6 nitrogen and oxygen atoms in total. The second-order valence-corrected chi connectivity index (χ2v) is 11.4. The summed E-state index contributed by atoms with van der Waals surface area (Å²) in [5.41, 5.74) is 2.64. The first-order chi connectivity index (χ1) is 16.7. The topological polar surface area (TPSA) is 83.6 Å². The van der Waals surface area contributed by atoms with Gasteiger partial charge in [0.05, 0.1) is 10.6 Å². The first-order valence-electron chi connectivity index (χ1n) is 11.0. The van der Waals surface area contributed by atoms with Crippen molar-refractivity contribution in [1.82, 2.24) is 0 Å². The predicted octanol–water partition coefficient (Wildman–Crippen LogP) is 5.03. The fourth-order valence-corrected chi connectivity index (χ4v) is 6.12. The van der Waals surface area contributed by atoms with Crippen molar-refractivity contribution in [2.75, 3.05) is 22.4 Å². The van der Waals surface area contributed by atoms with E-state index in [9.17, 15) is 17.4 Å². The molecule has 0 aliphatic heterocycles. The molecular formula is C27H26N2O4S2. The number of nitrogens with one attached hydrogen (secondary N) is 1. The second-order valence-electron chi connectivity index (χ2n) is 8.23. The van der Waals surface area contributed by atoms with Gasteiger partial charge >= 0.3 is 0 Å². The van der Waals surface area contributed by atoms with Crippen LogP contribution >= 0.6 is 0 Å². The van der Waals surface area contributed by atoms with Gasteiger partial charge in [-0.15, -0.1) is 0 Å². The van der Waals surface area contributed by atoms with Crippen LogP contribution in [0.5, 0.6) is 0 Å². The van der Waals surface area contributed by atoms with Crippen molar-refractivity contribution >= 4 is 48.9 Å². The number of sulfonamides is 1. The third-order valence-corrected chi connectivity index (χ3v) is 8.67. The van der Waals surface area contributed by atoms with Gasteiger partial charge in [-0.2, -0.15) is 0 Å². The van der Waals surface area contributed by atoms with Crippen LogP contribution in [-0.4, -0.2) is 31.3 Å². The van der Waals surface area contributed by atoms with Crippen LogP contribution in [0.15, 0.2) is 94.7 Å². The maximum Gasteiger partial charge on any atom is 0.265 e. The van der Waals surface area contributed by atoms with E-state index >= 15 is 0 Å². The lowest BCUT2D eigenvalue weighted by molar-refractivity contribution is -0.114. The Kier molecular flexibility index (Phi) is 7.05. The van der Waals surface area contributed by atoms with E-state index in [1.165, 1.54) is 4.31 Å². The molecule has 1 N–H and O–H groups in total. The molecule has 4 rings (SSSR count). The van der Waals surface area contributed by atoms with Crippen molar-refractivity contribution in [3.05, 3.63) is 96.1 Å². The molecule has 0 fully saturated rings. The van der Waals surface area contributed by atoms with Crippen LogP contribution < -0.4 is 9.62 Å². The van der Waals surface area contributed by atoms with Crippen LogP contribution in [0.4, 0.5) is 11.4 Å². The fourth-order valence-electron chi connectivity index (χ4n) is 3.91. The van der Waals surface area contributed by atoms with E-state index in [1.54, 1.807) is 66.9 Å². The smallest absolute Gasteiger partial charge is 0.265 e. The highest BCUT2D eigenvalue weighted by atomic mass is 32.2. The van der Waals surface area contributed by atoms with E-state index in [4.69, 9.17) is 0 Å². The lowest BCUT2D eigenvalue weighted by Crippen LogP contribution is -2.38. The number of benzene rings is 4. The number of amides is 1. The molecule has 0 aliphatic rings. The van der Waals surface area contributed by atoms with E-state index in [1.807, 2.05) is 38.1 Å². The van der Waals surface area contributed by atoms with E-state index in [-0.39, 0.29) is 4.90 Å². The average Bonchev–Trinajstić information content (AvgIpc) is 2.84. The van der Waals surface area contributed by atoms with E-state index < -0.39 is 33.3 Å². The molecular weight excluding hydrogens is 480 g/mol. The van der Waals surface area contributed by atoms with Crippen LogP contribution in [0.2, 0.25) is 0 Å². The van der Waals surface area contributed by atoms with Gasteiger partial charge in [0.1, 0.15) is 6.54 Å². The van der Waals surface area contributed by atoms with Gasteiger partial charge < -0.3 is 5.32 Å². The van der Waals surface area contributed by atoms with Crippen molar-refractivity contribution < 1.29 is 17.4 Å². The number of hydrogen-bond donors (Lipinski definition) is 1. The Labute approximate surface area is 208 Å². The quantitative estimate of drug-likeness (QED) is 0.381. The van der Waals surface area contributed by atoms with Gasteiger partial charge in [-0.05, 0) is 66.8 Å². The summed E-state index contributed by atoms with van der Waals surface area (Å²) in [4.78, 5) is 13.9. The highest BCUT2D eigenvalue weighted by molar-refractivity contribution is 7.93. The van der Waals surface area contributed by atoms with Crippen molar-refractivity contribution in [3.63, 3.8) is 0 Å². The molecule has 0 aliphatic carbocycles. The zero-order valence-corrected chi connectivity index (χ0v) is 21.3. The third-order valence-electron chi connectivity index (χ3n) is 5.92. The maximum atomic E-state index is 14.0. The van der Waals surface area contributed by atoms with Gasteiger partial charge in [0.25, 0.3) is 10.0 Å². The summed E-state index contributed by atoms with van der Waals surface area (Å²) < 4.78 is 40.9. The lowest BCUT2D eigenvalue weighted by Gasteiger charge is -2.27. The number of hydrogen-bond acceptors (Lipinski definition) is 4. The first kappa shape index (κ1) is 24.6. The maximum absolute atomic E-state index is 14.0. The minimum absolute atomic E-state index is 0.138. The monoisotopic (exact) mass is 506 g/mol. The molecule has 0 bridgehead atoms. The number of anilines is 2. The minimum atomic E-state index is -4.09. The first-order valence-corrected chi connectivity index (χ1v) is 14.0. The summed E-state index contributed by atoms with van der Waals surface area (Å²) in [7, 11) is -5.23. The van der Waals surface area contributed by atoms with Gasteiger partial charge in [0.15, 0.2) is 0 Å². The summed E-state index contributed by atoms with van der Waals surface area (Å²) in [6.07, 6.45) is 1.58. The lowest BCUT2D eigenvalue weighted by atomic mass is 10.1. The molecule has 1 unspecified atom stereocenters. The Morgan fingerprint density at radius 3 is 2.26 bits per heavy atom. The molecule has 0 saturated carbocycles. The number of nitrogens with zero attached hydrogens (tertiary/aromatic N) is 1. The molecule has 0 saturated heterocycles. The van der Waals surface area contributed by atoms with Gasteiger partial charge in [-0.25, -0.2) is 8.42 Å². The van der Waals surface area contributed by atoms with Crippen LogP contribution in [0.3, 0.4) is 0 Å². The van der Waals surface area contributed by atoms with Gasteiger partial charge in [0, 0.05) is 33.0 Å². The predicted molar refractivity (Wildman–Crippen MR) is 142 cm³/mol. The molecule has 0 aromatic heterocycles. The molecule has 1 amide bonds. The summed E-state index contributed by atoms with van der Waals surface area (Å²) in [5, 5.41) is 4.15. The summed E-state index contributed by atoms with van der Waals surface area (Å²) in [6, 6.07) is 24.4. The number of rotatable bonds is 7. The fraction of sp³-hybridized carbons (Fsp3) is 0.148. The Hall–Kier alpha value is -3.49. The van der Waals surface area contributed by atoms with Crippen LogP contribution in [0.1, 0.15) is 11.1 Å². The van der Waals surface area contributed by atoms with E-state index in [0.29, 0.717) is 21.7 Å². The average molecular weight is 507 g/mol. The summed E-state index contributed by atoms with van der Waals surface area (Å²) >= 11 is 0. The number of carbonyl (C=O) groups is 1. The normalized spacial score (nSPS) is 12.3. The van der Waals surface area contributed by atoms with Gasteiger partial charge in [-0.3, -0.25) is 13.3 Å². The Balaban J connectivity index is 1.75. The minimum Gasteiger partial charge on any atom is -0.325 e. The van der Waals surface area contributed by atoms with E-state index in [2.05, 4.69) is 5.32 Å². The summed E-state index contributed by atoms with van der Waals surface area (Å²) in [5.74, 6) is -0.486. The molecule has 8 heteroatoms. The zero-order valence-electron chi connectivity index (χ0n) is 19.7. The van der Waals surface area contributed by atoms with Crippen molar-refractivity contribution in [2.24, 2.45) is 0 Å². The van der Waals surface area contributed by atoms with E-state index in [0.717, 1.165) is 16.5 Å². The van der Waals surface area contributed by atoms with Crippen LogP contribution in [0, 0.1) is 13.8 Å². The van der Waals surface area contributed by atoms with Gasteiger partial charge in [-0.1, -0.05) is 48.5 Å². The molecule has 1 atom stereocenters. The third kappa shape index (κ3) is 5.13. The van der Waals surface area contributed by atoms with Crippen molar-refractivity contribution in [2.45, 2.75) is 23.6 Å². The Bertz CT molecular complexity index is 1530. The Morgan fingerprint density at radius 1 is 0.886 bits per heavy atom. The van der Waals surface area contributed by atoms with Crippen molar-refractivity contribution in [3.8, 4) is 0 Å². The molecule has 4 aromatic rings. The van der Waals surface area contributed by atoms with Crippen LogP contribution in [-0.2, 0) is 25.6 Å². The number of aryl methyl sites for hydroxylation is 1. The number of fused-ring (bicyclic) bond motifs is 1. The second kappa shape index (κ2) is 10.0. The number of carbonyl (C=O) groups excluding carboxylic acids is 1. The molecule has 35 heavy (non-hydrogen) atoms. The summed E-state index contributed by atoms with van der Waals surface area (Å²) in [6.45, 7) is 3.34. The molecule has 0 heterocycles. The highest BCUT2D eigenvalue weighted by Crippen LogP contribution is 2.32. The SMILES string of the molecule is Cc1cccc(N(CC(=O)Nc2ccc(S(C)=O)cc2)S(=O)(=O)c2cccc3ccccc23)c1C. The van der Waals surface area contributed by atoms with Crippen molar-refractivity contribution in [1.29, 1.82) is 0 Å². The molecule has 0 radical (unpaired) electrons. The van der Waals surface area contributed by atoms with Crippen LogP contribution in [0.25, 0.3) is 10.8 Å². The standard InChI is InChI=1S/C27H26N2O4S2/c1-19-8-6-12-25(20(19)2)29(18-27(30)28-22-14-16-23(17-15-22)34(3)31)35(32,33)26-13-7-10-21-9-4-5-11-24(21)26/h4-17H,18H2,1-3H3,(H,28,30).